The number of ether oxygens (including phenoxy) is 1. The van der Waals surface area contributed by atoms with E-state index in [0.29, 0.717) is 18.6 Å². The first-order valence-electron chi connectivity index (χ1n) is 11.0. The third kappa shape index (κ3) is 2.31. The number of hydrogen-bond donors (Lipinski definition) is 2. The molecule has 5 nitrogen and oxygen atoms in total. The second-order valence-corrected chi connectivity index (χ2v) is 10.3. The summed E-state index contributed by atoms with van der Waals surface area (Å²) in [4.78, 5) is 12.9. The smallest absolute Gasteiger partial charge is 0.174 e. The Balaban J connectivity index is 0.00000181. The van der Waals surface area contributed by atoms with Crippen LogP contribution in [0.2, 0.25) is 0 Å². The van der Waals surface area contributed by atoms with E-state index in [-0.39, 0.29) is 41.6 Å². The van der Waals surface area contributed by atoms with E-state index < -0.39 is 17.1 Å². The number of piperidine rings is 1. The minimum Gasteiger partial charge on any atom is -1.00 e. The SMILES string of the molecule is C[N+]1(CC2CCCC2)CC[C@]23c4c5ccc(O)c4O[C@H]2C(=O)CC[C@@]3(O)[C@H]1C5.[I-]. The molecule has 2 heterocycles. The number of phenolic OH excluding ortho intramolecular Hbond substituents is 1. The highest BCUT2D eigenvalue weighted by Gasteiger charge is 2.76. The maximum absolute atomic E-state index is 12.9. The van der Waals surface area contributed by atoms with Gasteiger partial charge in [0, 0.05) is 30.7 Å². The van der Waals surface area contributed by atoms with Crippen molar-refractivity contribution in [1.29, 1.82) is 0 Å². The molecule has 29 heavy (non-hydrogen) atoms. The molecule has 158 valence electrons. The molecule has 1 aromatic rings. The quantitative estimate of drug-likeness (QED) is 0.414. The summed E-state index contributed by atoms with van der Waals surface area (Å²) in [5.41, 5.74) is 0.484. The van der Waals surface area contributed by atoms with Crippen LogP contribution < -0.4 is 28.7 Å². The molecule has 6 rings (SSSR count). The van der Waals surface area contributed by atoms with Crippen LogP contribution in [0.15, 0.2) is 12.1 Å². The van der Waals surface area contributed by atoms with Crippen LogP contribution in [-0.4, -0.2) is 58.4 Å². The van der Waals surface area contributed by atoms with E-state index in [9.17, 15) is 15.0 Å². The van der Waals surface area contributed by atoms with Crippen LogP contribution in [0.25, 0.3) is 0 Å². The number of hydrogen-bond acceptors (Lipinski definition) is 4. The highest BCUT2D eigenvalue weighted by molar-refractivity contribution is 5.90. The lowest BCUT2D eigenvalue weighted by Crippen LogP contribution is -3.00. The van der Waals surface area contributed by atoms with Gasteiger partial charge in [-0.2, -0.15) is 0 Å². The van der Waals surface area contributed by atoms with Crippen molar-refractivity contribution >= 4 is 5.78 Å². The third-order valence-corrected chi connectivity index (χ3v) is 9.05. The normalized spacial score (nSPS) is 42.2. The van der Waals surface area contributed by atoms with Gasteiger partial charge in [-0.05, 0) is 30.9 Å². The second kappa shape index (κ2) is 6.33. The lowest BCUT2D eigenvalue weighted by molar-refractivity contribution is -0.951. The van der Waals surface area contributed by atoms with Crippen molar-refractivity contribution in [3.05, 3.63) is 23.3 Å². The number of aromatic hydroxyl groups is 1. The van der Waals surface area contributed by atoms with E-state index in [1.165, 1.54) is 25.7 Å². The number of carbonyl (C=O) groups is 1. The average molecular weight is 511 g/mol. The Morgan fingerprint density at radius 1 is 1.24 bits per heavy atom. The molecule has 3 aliphatic carbocycles. The number of nitrogens with zero attached hydrogens (tertiary/aromatic N) is 1. The van der Waals surface area contributed by atoms with E-state index >= 15 is 0 Å². The molecule has 1 saturated heterocycles. The highest BCUT2D eigenvalue weighted by Crippen LogP contribution is 2.65. The molecule has 6 heteroatoms. The molecule has 1 spiro atoms. The Kier molecular flexibility index (Phi) is 4.38. The summed E-state index contributed by atoms with van der Waals surface area (Å²) < 4.78 is 7.02. The van der Waals surface area contributed by atoms with Crippen molar-refractivity contribution in [2.45, 2.75) is 74.5 Å². The van der Waals surface area contributed by atoms with E-state index in [2.05, 4.69) is 7.05 Å². The maximum Gasteiger partial charge on any atom is 0.174 e. The zero-order chi connectivity index (χ0) is 19.3. The van der Waals surface area contributed by atoms with Gasteiger partial charge in [0.1, 0.15) is 11.6 Å². The Morgan fingerprint density at radius 3 is 2.76 bits per heavy atom. The summed E-state index contributed by atoms with van der Waals surface area (Å²) in [6.45, 7) is 2.09. The third-order valence-electron chi connectivity index (χ3n) is 9.05. The number of quaternary nitrogens is 1. The van der Waals surface area contributed by atoms with Crippen LogP contribution in [0.1, 0.15) is 56.1 Å². The van der Waals surface area contributed by atoms with Gasteiger partial charge in [0.15, 0.2) is 23.4 Å². The number of rotatable bonds is 2. The zero-order valence-electron chi connectivity index (χ0n) is 17.0. The molecule has 2 aliphatic heterocycles. The fourth-order valence-corrected chi connectivity index (χ4v) is 7.83. The maximum atomic E-state index is 12.9. The Labute approximate surface area is 189 Å². The first kappa shape index (κ1) is 20.1. The molecule has 5 aliphatic rings. The van der Waals surface area contributed by atoms with Crippen LogP contribution in [0.5, 0.6) is 11.5 Å². The molecule has 3 fully saturated rings. The minimum absolute atomic E-state index is 0. The first-order chi connectivity index (χ1) is 13.4. The molecule has 2 bridgehead atoms. The largest absolute Gasteiger partial charge is 1.00 e. The Morgan fingerprint density at radius 2 is 2.00 bits per heavy atom. The van der Waals surface area contributed by atoms with Crippen molar-refractivity contribution in [3.63, 3.8) is 0 Å². The topological polar surface area (TPSA) is 66.8 Å². The van der Waals surface area contributed by atoms with Crippen molar-refractivity contribution in [3.8, 4) is 11.5 Å². The van der Waals surface area contributed by atoms with Gasteiger partial charge >= 0.3 is 0 Å². The standard InChI is InChI=1S/C23H29NO4.HI/c1-24(13-14-4-2-3-5-14)11-10-22-19-15-6-7-16(25)20(19)28-21(22)17(26)8-9-23(22,27)18(24)12-15;/h6-7,14,18,21,27H,2-5,8-13H2,1H3;1H/t18-,21+,22+,23-,24?;/m1./s1. The molecule has 0 aromatic heterocycles. The van der Waals surface area contributed by atoms with Crippen LogP contribution in [0, 0.1) is 5.92 Å². The molecule has 0 amide bonds. The fraction of sp³-hybridized carbons (Fsp3) is 0.696. The number of phenols is 1. The Bertz CT molecular complexity index is 884. The summed E-state index contributed by atoms with van der Waals surface area (Å²) in [6, 6.07) is 3.79. The summed E-state index contributed by atoms with van der Waals surface area (Å²) in [7, 11) is 2.33. The summed E-state index contributed by atoms with van der Waals surface area (Å²) in [5.74, 6) is 1.39. The molecule has 1 unspecified atom stereocenters. The van der Waals surface area contributed by atoms with Gasteiger partial charge in [-0.3, -0.25) is 4.79 Å². The summed E-state index contributed by atoms with van der Waals surface area (Å²) in [6.07, 6.45) is 7.08. The number of ketones is 1. The van der Waals surface area contributed by atoms with Crippen molar-refractivity contribution in [2.75, 3.05) is 20.1 Å². The predicted molar refractivity (Wildman–Crippen MR) is 103 cm³/mol. The van der Waals surface area contributed by atoms with E-state index in [1.807, 2.05) is 6.07 Å². The van der Waals surface area contributed by atoms with Crippen molar-refractivity contribution in [2.24, 2.45) is 5.92 Å². The van der Waals surface area contributed by atoms with E-state index in [0.717, 1.165) is 47.5 Å². The molecule has 1 aromatic carbocycles. The van der Waals surface area contributed by atoms with Crippen molar-refractivity contribution in [1.82, 2.24) is 0 Å². The number of Topliss-reactive ketones (excluding diaryl/α,β-unsaturated/α-hetero) is 1. The lowest BCUT2D eigenvalue weighted by atomic mass is 9.48. The molecule has 5 atom stereocenters. The van der Waals surface area contributed by atoms with Crippen LogP contribution in [-0.2, 0) is 16.6 Å². The van der Waals surface area contributed by atoms with Gasteiger partial charge in [0.25, 0.3) is 0 Å². The predicted octanol–water partition coefficient (Wildman–Crippen LogP) is -0.546. The van der Waals surface area contributed by atoms with E-state index in [1.54, 1.807) is 6.07 Å². The zero-order valence-corrected chi connectivity index (χ0v) is 19.2. The molecule has 0 radical (unpaired) electrons. The molecule has 2 N–H and O–H groups in total. The monoisotopic (exact) mass is 511 g/mol. The first-order valence-corrected chi connectivity index (χ1v) is 11.0. The number of benzene rings is 1. The number of likely N-dealkylation sites (tertiary alicyclic amines) is 1. The lowest BCUT2D eigenvalue weighted by Gasteiger charge is -2.64. The van der Waals surface area contributed by atoms with E-state index in [4.69, 9.17) is 4.74 Å². The van der Waals surface area contributed by atoms with Gasteiger partial charge in [-0.15, -0.1) is 0 Å². The van der Waals surface area contributed by atoms with Gasteiger partial charge in [-0.25, -0.2) is 0 Å². The summed E-state index contributed by atoms with van der Waals surface area (Å²) >= 11 is 0. The van der Waals surface area contributed by atoms with Gasteiger partial charge in [-0.1, -0.05) is 18.9 Å². The number of halogens is 1. The van der Waals surface area contributed by atoms with Crippen LogP contribution in [0.4, 0.5) is 0 Å². The Hall–Kier alpha value is -0.860. The molecular weight excluding hydrogens is 481 g/mol. The van der Waals surface area contributed by atoms with Crippen LogP contribution in [0.3, 0.4) is 0 Å². The average Bonchev–Trinajstić information content (AvgIpc) is 3.29. The fourth-order valence-electron chi connectivity index (χ4n) is 7.83. The molecular formula is C23H30INO4. The van der Waals surface area contributed by atoms with Crippen LogP contribution >= 0.6 is 0 Å². The number of carbonyl (C=O) groups excluding carboxylic acids is 1. The summed E-state index contributed by atoms with van der Waals surface area (Å²) in [5, 5.41) is 22.7. The minimum atomic E-state index is -0.941. The van der Waals surface area contributed by atoms with Gasteiger partial charge < -0.3 is 43.4 Å². The second-order valence-electron chi connectivity index (χ2n) is 10.3. The number of likely N-dealkylation sites (N-methyl/N-ethyl adjacent to an activating group) is 1. The number of aliphatic hydroxyl groups is 1. The van der Waals surface area contributed by atoms with Crippen molar-refractivity contribution < 1.29 is 48.2 Å². The van der Waals surface area contributed by atoms with Gasteiger partial charge in [0.05, 0.1) is 25.6 Å². The van der Waals surface area contributed by atoms with Gasteiger partial charge in [0.2, 0.25) is 0 Å². The highest BCUT2D eigenvalue weighted by atomic mass is 127. The molecule has 2 saturated carbocycles.